The Hall–Kier alpha value is -1.63. The summed E-state index contributed by atoms with van der Waals surface area (Å²) in [7, 11) is 4.70. The monoisotopic (exact) mass is 389 g/mol. The second-order valence-corrected chi connectivity index (χ2v) is 5.74. The van der Waals surface area contributed by atoms with Crippen molar-refractivity contribution < 1.29 is 29.5 Å². The lowest BCUT2D eigenvalue weighted by molar-refractivity contribution is 0.114. The van der Waals surface area contributed by atoms with Crippen molar-refractivity contribution in [2.45, 2.75) is 5.92 Å². The minimum atomic E-state index is -0.232. The van der Waals surface area contributed by atoms with E-state index in [1.807, 2.05) is 0 Å². The van der Waals surface area contributed by atoms with E-state index in [1.165, 1.54) is 7.11 Å². The van der Waals surface area contributed by atoms with E-state index in [2.05, 4.69) is 15.0 Å². The van der Waals surface area contributed by atoms with E-state index in [9.17, 15) is 15.3 Å². The van der Waals surface area contributed by atoms with Crippen LogP contribution in [-0.4, -0.2) is 111 Å². The normalized spacial score (nSPS) is 11.2. The molecule has 3 N–H and O–H groups in total. The van der Waals surface area contributed by atoms with Crippen LogP contribution in [0.1, 0.15) is 11.7 Å². The summed E-state index contributed by atoms with van der Waals surface area (Å²) in [5.41, 5.74) is 0. The van der Waals surface area contributed by atoms with Crippen LogP contribution in [0.4, 0.5) is 11.9 Å². The maximum atomic E-state index is 9.33. The Labute approximate surface area is 159 Å². The predicted octanol–water partition coefficient (Wildman–Crippen LogP) is -1.56. The van der Waals surface area contributed by atoms with Crippen molar-refractivity contribution in [1.29, 1.82) is 0 Å². The molecule has 1 rings (SSSR count). The molecule has 0 aliphatic rings. The van der Waals surface area contributed by atoms with E-state index in [4.69, 9.17) is 14.2 Å². The molecular formula is C16H31N5O6. The summed E-state index contributed by atoms with van der Waals surface area (Å²) in [5, 5.41) is 28.0. The number of hydrogen-bond acceptors (Lipinski definition) is 11. The highest BCUT2D eigenvalue weighted by molar-refractivity contribution is 5.39. The first-order valence-corrected chi connectivity index (χ1v) is 8.70. The van der Waals surface area contributed by atoms with Crippen LogP contribution in [0.3, 0.4) is 0 Å². The number of nitrogens with zero attached hydrogens (tertiary/aromatic N) is 5. The van der Waals surface area contributed by atoms with Crippen molar-refractivity contribution in [3.8, 4) is 0 Å². The number of aromatic nitrogens is 3. The molecule has 0 saturated heterocycles. The summed E-state index contributed by atoms with van der Waals surface area (Å²) in [6.45, 7) is 1.33. The number of aliphatic hydroxyl groups excluding tert-OH is 3. The van der Waals surface area contributed by atoms with Gasteiger partial charge in [0.2, 0.25) is 11.9 Å². The third-order valence-electron chi connectivity index (χ3n) is 3.69. The van der Waals surface area contributed by atoms with Gasteiger partial charge >= 0.3 is 0 Å². The van der Waals surface area contributed by atoms with Gasteiger partial charge in [0.15, 0.2) is 0 Å². The van der Waals surface area contributed by atoms with Crippen LogP contribution in [0.2, 0.25) is 0 Å². The quantitative estimate of drug-likeness (QED) is 0.301. The third-order valence-corrected chi connectivity index (χ3v) is 3.69. The summed E-state index contributed by atoms with van der Waals surface area (Å²) in [6, 6.07) is 0. The summed E-state index contributed by atoms with van der Waals surface area (Å²) in [5.74, 6) is 0.862. The van der Waals surface area contributed by atoms with Crippen molar-refractivity contribution in [2.75, 3.05) is 90.5 Å². The van der Waals surface area contributed by atoms with Gasteiger partial charge < -0.3 is 39.3 Å². The third kappa shape index (κ3) is 7.48. The molecule has 1 heterocycles. The average Bonchev–Trinajstić information content (AvgIpc) is 2.67. The van der Waals surface area contributed by atoms with Gasteiger partial charge in [0, 0.05) is 41.0 Å². The molecule has 0 saturated carbocycles. The standard InChI is InChI=1S/C16H31N5O6/c1-25-10-13(11-26-2)14-17-15(20(4-7-22)5-8-23)19-16(18-14)21(6-9-24)12-27-3/h13,22-24H,4-12H2,1-3H3. The van der Waals surface area contributed by atoms with Gasteiger partial charge in [0.25, 0.3) is 0 Å². The number of rotatable bonds is 15. The van der Waals surface area contributed by atoms with E-state index in [-0.39, 0.29) is 52.1 Å². The molecule has 0 bridgehead atoms. The van der Waals surface area contributed by atoms with Gasteiger partial charge in [-0.3, -0.25) is 0 Å². The van der Waals surface area contributed by atoms with Crippen LogP contribution >= 0.6 is 0 Å². The lowest BCUT2D eigenvalue weighted by atomic mass is 10.1. The van der Waals surface area contributed by atoms with Gasteiger partial charge in [-0.25, -0.2) is 0 Å². The number of ether oxygens (including phenoxy) is 3. The second kappa shape index (κ2) is 13.5. The largest absolute Gasteiger partial charge is 0.395 e. The Kier molecular flexibility index (Phi) is 11.7. The van der Waals surface area contributed by atoms with E-state index in [0.29, 0.717) is 30.9 Å². The van der Waals surface area contributed by atoms with Gasteiger partial charge in [-0.1, -0.05) is 0 Å². The Bertz CT molecular complexity index is 422. The molecule has 0 radical (unpaired) electrons. The first-order chi connectivity index (χ1) is 13.1. The molecule has 0 aliphatic carbocycles. The zero-order chi connectivity index (χ0) is 20.1. The minimum Gasteiger partial charge on any atom is -0.395 e. The molecule has 0 fully saturated rings. The number of hydrogen-bond donors (Lipinski definition) is 3. The summed E-state index contributed by atoms with van der Waals surface area (Å²) in [6.07, 6.45) is 0. The van der Waals surface area contributed by atoms with Crippen LogP contribution in [-0.2, 0) is 14.2 Å². The first kappa shape index (κ1) is 23.4. The van der Waals surface area contributed by atoms with Crippen molar-refractivity contribution in [3.63, 3.8) is 0 Å². The van der Waals surface area contributed by atoms with Crippen LogP contribution < -0.4 is 9.80 Å². The fourth-order valence-corrected chi connectivity index (χ4v) is 2.49. The highest BCUT2D eigenvalue weighted by atomic mass is 16.5. The predicted molar refractivity (Wildman–Crippen MR) is 99.0 cm³/mol. The minimum absolute atomic E-state index is 0.101. The maximum absolute atomic E-state index is 9.33. The zero-order valence-electron chi connectivity index (χ0n) is 16.2. The Morgan fingerprint density at radius 3 is 1.67 bits per heavy atom. The molecule has 11 heteroatoms. The number of aliphatic hydroxyl groups is 3. The smallest absolute Gasteiger partial charge is 0.232 e. The van der Waals surface area contributed by atoms with Crippen molar-refractivity contribution in [1.82, 2.24) is 15.0 Å². The fraction of sp³-hybridized carbons (Fsp3) is 0.812. The molecule has 0 aromatic carbocycles. The highest BCUT2D eigenvalue weighted by Crippen LogP contribution is 2.20. The van der Waals surface area contributed by atoms with E-state index in [1.54, 1.807) is 24.0 Å². The Morgan fingerprint density at radius 2 is 1.22 bits per heavy atom. The maximum Gasteiger partial charge on any atom is 0.232 e. The summed E-state index contributed by atoms with van der Waals surface area (Å²) >= 11 is 0. The fourth-order valence-electron chi connectivity index (χ4n) is 2.49. The van der Waals surface area contributed by atoms with Crippen LogP contribution in [0.15, 0.2) is 0 Å². The topological polar surface area (TPSA) is 134 Å². The van der Waals surface area contributed by atoms with Crippen LogP contribution in [0.25, 0.3) is 0 Å². The lowest BCUT2D eigenvalue weighted by Crippen LogP contribution is -2.35. The molecule has 27 heavy (non-hydrogen) atoms. The summed E-state index contributed by atoms with van der Waals surface area (Å²) < 4.78 is 15.7. The SMILES string of the molecule is COCC(COC)c1nc(N(CCO)CCO)nc(N(CCO)COC)n1. The van der Waals surface area contributed by atoms with Crippen LogP contribution in [0.5, 0.6) is 0 Å². The summed E-state index contributed by atoms with van der Waals surface area (Å²) in [4.78, 5) is 16.8. The second-order valence-electron chi connectivity index (χ2n) is 5.74. The highest BCUT2D eigenvalue weighted by Gasteiger charge is 2.22. The molecule has 0 amide bonds. The molecule has 1 aromatic heterocycles. The van der Waals surface area contributed by atoms with E-state index >= 15 is 0 Å². The van der Waals surface area contributed by atoms with Crippen molar-refractivity contribution >= 4 is 11.9 Å². The molecule has 1 aromatic rings. The lowest BCUT2D eigenvalue weighted by Gasteiger charge is -2.26. The number of anilines is 2. The van der Waals surface area contributed by atoms with Gasteiger partial charge in [-0.15, -0.1) is 0 Å². The molecule has 0 spiro atoms. The average molecular weight is 389 g/mol. The van der Waals surface area contributed by atoms with Gasteiger partial charge in [-0.05, 0) is 0 Å². The van der Waals surface area contributed by atoms with E-state index in [0.717, 1.165) is 0 Å². The molecule has 11 nitrogen and oxygen atoms in total. The zero-order valence-corrected chi connectivity index (χ0v) is 16.2. The van der Waals surface area contributed by atoms with Gasteiger partial charge in [0.1, 0.15) is 12.6 Å². The molecule has 0 atom stereocenters. The Morgan fingerprint density at radius 1 is 0.741 bits per heavy atom. The number of methoxy groups -OCH3 is 3. The molecule has 0 unspecified atom stereocenters. The Balaban J connectivity index is 3.38. The van der Waals surface area contributed by atoms with Gasteiger partial charge in [-0.2, -0.15) is 15.0 Å². The molecule has 156 valence electrons. The van der Waals surface area contributed by atoms with Crippen molar-refractivity contribution in [3.05, 3.63) is 5.82 Å². The van der Waals surface area contributed by atoms with Crippen molar-refractivity contribution in [2.24, 2.45) is 0 Å². The van der Waals surface area contributed by atoms with Crippen LogP contribution in [0, 0.1) is 0 Å². The first-order valence-electron chi connectivity index (χ1n) is 8.70. The molecular weight excluding hydrogens is 358 g/mol. The molecule has 0 aliphatic heterocycles. The van der Waals surface area contributed by atoms with Gasteiger partial charge in [0.05, 0.1) is 39.0 Å². The van der Waals surface area contributed by atoms with E-state index < -0.39 is 0 Å².